The summed E-state index contributed by atoms with van der Waals surface area (Å²) in [6, 6.07) is 10.0. The van der Waals surface area contributed by atoms with Crippen LogP contribution in [0.5, 0.6) is 0 Å². The second kappa shape index (κ2) is 7.93. The minimum Gasteiger partial charge on any atom is -0.336 e. The smallest absolute Gasteiger partial charge is 0.238 e. The first kappa shape index (κ1) is 17.9. The van der Waals surface area contributed by atoms with Crippen LogP contribution in [0.1, 0.15) is 25.8 Å². The van der Waals surface area contributed by atoms with Crippen molar-refractivity contribution in [2.75, 3.05) is 24.6 Å². The molecule has 1 saturated heterocycles. The summed E-state index contributed by atoms with van der Waals surface area (Å²) >= 11 is 0. The molecule has 2 unspecified atom stereocenters. The van der Waals surface area contributed by atoms with Gasteiger partial charge in [-0.05, 0) is 32.3 Å². The number of hydrogen-bond donors (Lipinski definition) is 1. The Morgan fingerprint density at radius 3 is 2.65 bits per heavy atom. The summed E-state index contributed by atoms with van der Waals surface area (Å²) in [7, 11) is -3.35. The van der Waals surface area contributed by atoms with Crippen LogP contribution in [-0.4, -0.2) is 55.9 Å². The zero-order valence-electron chi connectivity index (χ0n) is 13.9. The first-order valence-corrected chi connectivity index (χ1v) is 9.98. The maximum Gasteiger partial charge on any atom is 0.238 e. The van der Waals surface area contributed by atoms with Gasteiger partial charge in [0, 0.05) is 25.2 Å². The van der Waals surface area contributed by atoms with Crippen LogP contribution in [0.25, 0.3) is 0 Å². The van der Waals surface area contributed by atoms with Gasteiger partial charge in [0.2, 0.25) is 5.91 Å². The predicted octanol–water partition coefficient (Wildman–Crippen LogP) is 1.24. The lowest BCUT2D eigenvalue weighted by atomic mass is 10.1. The van der Waals surface area contributed by atoms with Gasteiger partial charge in [0.25, 0.3) is 0 Å². The molecule has 0 bridgehead atoms. The molecule has 1 heterocycles. The van der Waals surface area contributed by atoms with Gasteiger partial charge in [0.1, 0.15) is 5.75 Å². The minimum atomic E-state index is -3.35. The molecule has 23 heavy (non-hydrogen) atoms. The van der Waals surface area contributed by atoms with Crippen molar-refractivity contribution >= 4 is 15.7 Å². The van der Waals surface area contributed by atoms with Gasteiger partial charge >= 0.3 is 0 Å². The van der Waals surface area contributed by atoms with E-state index < -0.39 is 9.84 Å². The van der Waals surface area contributed by atoms with E-state index >= 15 is 0 Å². The molecule has 1 N–H and O–H groups in total. The van der Waals surface area contributed by atoms with Gasteiger partial charge in [-0.25, -0.2) is 8.42 Å². The number of piperazine rings is 1. The fourth-order valence-electron chi connectivity index (χ4n) is 2.89. The third-order valence-corrected chi connectivity index (χ3v) is 6.06. The highest BCUT2D eigenvalue weighted by molar-refractivity contribution is 7.92. The molecule has 1 aliphatic heterocycles. The van der Waals surface area contributed by atoms with Crippen molar-refractivity contribution in [2.45, 2.75) is 38.8 Å². The second-order valence-electron chi connectivity index (χ2n) is 6.25. The van der Waals surface area contributed by atoms with Crippen LogP contribution in [-0.2, 0) is 21.1 Å². The van der Waals surface area contributed by atoms with E-state index in [4.69, 9.17) is 0 Å². The Bertz CT molecular complexity index is 616. The van der Waals surface area contributed by atoms with Gasteiger partial charge in [-0.3, -0.25) is 4.79 Å². The minimum absolute atomic E-state index is 0.0239. The zero-order valence-corrected chi connectivity index (χ0v) is 14.7. The molecule has 2 atom stereocenters. The first-order chi connectivity index (χ1) is 10.9. The molecule has 0 radical (unpaired) electrons. The number of aryl methyl sites for hydroxylation is 1. The van der Waals surface area contributed by atoms with E-state index in [1.165, 1.54) is 0 Å². The molecule has 1 amide bonds. The molecular formula is C17H26N2O3S. The number of carbonyl (C=O) groups excluding carboxylic acids is 1. The molecule has 0 spiro atoms. The van der Waals surface area contributed by atoms with Gasteiger partial charge in [-0.2, -0.15) is 0 Å². The molecular weight excluding hydrogens is 312 g/mol. The quantitative estimate of drug-likeness (QED) is 0.847. The molecule has 1 aliphatic rings. The number of hydrogen-bond acceptors (Lipinski definition) is 4. The molecule has 6 heteroatoms. The van der Waals surface area contributed by atoms with E-state index in [9.17, 15) is 13.2 Å². The number of benzene rings is 1. The van der Waals surface area contributed by atoms with Crippen LogP contribution >= 0.6 is 0 Å². The second-order valence-corrected chi connectivity index (χ2v) is 8.44. The average molecular weight is 338 g/mol. The fourth-order valence-corrected chi connectivity index (χ4v) is 4.16. The number of amides is 1. The van der Waals surface area contributed by atoms with Crippen molar-refractivity contribution in [3.05, 3.63) is 35.9 Å². The van der Waals surface area contributed by atoms with E-state index in [2.05, 4.69) is 5.32 Å². The maximum absolute atomic E-state index is 12.3. The Balaban J connectivity index is 1.84. The monoisotopic (exact) mass is 338 g/mol. The Morgan fingerprint density at radius 2 is 1.96 bits per heavy atom. The average Bonchev–Trinajstić information content (AvgIpc) is 2.50. The summed E-state index contributed by atoms with van der Waals surface area (Å²) in [6.45, 7) is 5.25. The van der Waals surface area contributed by atoms with Crippen molar-refractivity contribution in [1.29, 1.82) is 0 Å². The Labute approximate surface area is 139 Å². The topological polar surface area (TPSA) is 66.5 Å². The van der Waals surface area contributed by atoms with E-state index in [1.54, 1.807) is 4.90 Å². The highest BCUT2D eigenvalue weighted by Gasteiger charge is 2.30. The van der Waals surface area contributed by atoms with Gasteiger partial charge in [0.05, 0.1) is 5.75 Å². The summed E-state index contributed by atoms with van der Waals surface area (Å²) in [6.07, 6.45) is 1.27. The Morgan fingerprint density at radius 1 is 1.26 bits per heavy atom. The first-order valence-electron chi connectivity index (χ1n) is 8.16. The normalized spacial score (nSPS) is 22.1. The lowest BCUT2D eigenvalue weighted by Crippen LogP contribution is -2.58. The van der Waals surface area contributed by atoms with Crippen molar-refractivity contribution in [3.8, 4) is 0 Å². The Kier molecular flexibility index (Phi) is 6.18. The van der Waals surface area contributed by atoms with Crippen molar-refractivity contribution in [3.63, 3.8) is 0 Å². The molecule has 2 rings (SSSR count). The molecule has 1 aromatic carbocycles. The summed E-state index contributed by atoms with van der Waals surface area (Å²) in [5, 5.41) is 3.29. The van der Waals surface area contributed by atoms with Crippen LogP contribution in [0.2, 0.25) is 0 Å². The number of nitrogens with one attached hydrogen (secondary N) is 1. The van der Waals surface area contributed by atoms with E-state index in [1.807, 2.05) is 44.2 Å². The molecule has 0 aliphatic carbocycles. The highest BCUT2D eigenvalue weighted by Crippen LogP contribution is 2.11. The Hall–Kier alpha value is -1.40. The van der Waals surface area contributed by atoms with Gasteiger partial charge in [0.15, 0.2) is 9.84 Å². The summed E-state index contributed by atoms with van der Waals surface area (Å²) < 4.78 is 24.4. The number of nitrogens with zero attached hydrogens (tertiary/aromatic N) is 1. The summed E-state index contributed by atoms with van der Waals surface area (Å²) in [4.78, 5) is 14.0. The number of carbonyl (C=O) groups is 1. The zero-order chi connectivity index (χ0) is 16.9. The molecule has 0 saturated carbocycles. The third kappa shape index (κ3) is 5.32. The molecule has 1 aromatic rings. The summed E-state index contributed by atoms with van der Waals surface area (Å²) in [5.74, 6) is -0.590. The van der Waals surface area contributed by atoms with Crippen LogP contribution < -0.4 is 5.32 Å². The standard InChI is InChI=1S/C17H26N2O3S/c1-14-15(2)19(11-10-18-14)17(20)13-23(21,22)12-6-9-16-7-4-3-5-8-16/h3-5,7-8,14-15,18H,6,9-13H2,1-2H3. The van der Waals surface area contributed by atoms with Gasteiger partial charge in [-0.15, -0.1) is 0 Å². The number of sulfone groups is 1. The van der Waals surface area contributed by atoms with Crippen molar-refractivity contribution < 1.29 is 13.2 Å². The SMILES string of the molecule is CC1NCCN(C(=O)CS(=O)(=O)CCCc2ccccc2)C1C. The van der Waals surface area contributed by atoms with Crippen molar-refractivity contribution in [1.82, 2.24) is 10.2 Å². The number of rotatable bonds is 6. The largest absolute Gasteiger partial charge is 0.336 e. The van der Waals surface area contributed by atoms with E-state index in [-0.39, 0.29) is 29.5 Å². The highest BCUT2D eigenvalue weighted by atomic mass is 32.2. The maximum atomic E-state index is 12.3. The predicted molar refractivity (Wildman–Crippen MR) is 92.1 cm³/mol. The van der Waals surface area contributed by atoms with E-state index in [0.29, 0.717) is 19.5 Å². The summed E-state index contributed by atoms with van der Waals surface area (Å²) in [5.41, 5.74) is 1.12. The molecule has 1 fully saturated rings. The van der Waals surface area contributed by atoms with E-state index in [0.717, 1.165) is 12.0 Å². The van der Waals surface area contributed by atoms with Crippen LogP contribution in [0, 0.1) is 0 Å². The van der Waals surface area contributed by atoms with Crippen LogP contribution in [0.3, 0.4) is 0 Å². The van der Waals surface area contributed by atoms with Crippen LogP contribution in [0.15, 0.2) is 30.3 Å². The third-order valence-electron chi connectivity index (χ3n) is 4.46. The lowest BCUT2D eigenvalue weighted by molar-refractivity contribution is -0.132. The fraction of sp³-hybridized carbons (Fsp3) is 0.588. The van der Waals surface area contributed by atoms with Gasteiger partial charge < -0.3 is 10.2 Å². The molecule has 5 nitrogen and oxygen atoms in total. The van der Waals surface area contributed by atoms with Crippen LogP contribution in [0.4, 0.5) is 0 Å². The van der Waals surface area contributed by atoms with Crippen molar-refractivity contribution in [2.24, 2.45) is 0 Å². The molecule has 128 valence electrons. The van der Waals surface area contributed by atoms with Gasteiger partial charge in [-0.1, -0.05) is 30.3 Å². The lowest BCUT2D eigenvalue weighted by Gasteiger charge is -2.38. The molecule has 0 aromatic heterocycles.